The first-order valence-electron chi connectivity index (χ1n) is 9.77. The fourth-order valence-electron chi connectivity index (χ4n) is 3.21. The monoisotopic (exact) mass is 626 g/mol. The zero-order valence-corrected chi connectivity index (χ0v) is 21.6. The van der Waals surface area contributed by atoms with E-state index < -0.39 is 17.6 Å². The fourth-order valence-corrected chi connectivity index (χ4v) is 4.46. The number of anilines is 1. The van der Waals surface area contributed by atoms with Gasteiger partial charge in [0.25, 0.3) is 11.8 Å². The predicted molar refractivity (Wildman–Crippen MR) is 143 cm³/mol. The molecule has 3 aromatic carbocycles. The molecule has 1 aliphatic heterocycles. The Morgan fingerprint density at radius 1 is 1.06 bits per heavy atom. The molecular formula is C24H14Cl2FIN2O3S. The van der Waals surface area contributed by atoms with Crippen molar-refractivity contribution < 1.29 is 18.7 Å². The van der Waals surface area contributed by atoms with E-state index in [1.807, 2.05) is 24.3 Å². The van der Waals surface area contributed by atoms with Gasteiger partial charge in [-0.3, -0.25) is 14.9 Å². The molecule has 3 aromatic rings. The van der Waals surface area contributed by atoms with Crippen LogP contribution in [0.25, 0.3) is 6.08 Å². The van der Waals surface area contributed by atoms with Crippen LogP contribution in [0.1, 0.15) is 11.1 Å². The van der Waals surface area contributed by atoms with Crippen LogP contribution in [-0.4, -0.2) is 16.9 Å². The number of hydrogen-bond acceptors (Lipinski definition) is 4. The summed E-state index contributed by atoms with van der Waals surface area (Å²) < 4.78 is 21.2. The second-order valence-corrected chi connectivity index (χ2v) is 9.58. The maximum Gasteiger partial charge on any atom is 0.270 e. The van der Waals surface area contributed by atoms with Crippen molar-refractivity contribution in [1.29, 1.82) is 0 Å². The lowest BCUT2D eigenvalue weighted by atomic mass is 10.1. The number of halogens is 4. The van der Waals surface area contributed by atoms with Crippen molar-refractivity contribution in [1.82, 2.24) is 5.32 Å². The summed E-state index contributed by atoms with van der Waals surface area (Å²) in [4.78, 5) is 26.5. The number of thiocarbonyl (C=S) groups is 1. The Kier molecular flexibility index (Phi) is 7.51. The third-order valence-electron chi connectivity index (χ3n) is 4.82. The smallest absolute Gasteiger partial charge is 0.270 e. The Bertz CT molecular complexity index is 1330. The SMILES string of the molecule is O=C1NC(=S)N(c2ccccc2F)C(=O)/C1=C/c1cc(Cl)c(OCc2ccc(I)cc2)c(Cl)c1. The molecule has 4 rings (SSSR count). The van der Waals surface area contributed by atoms with Crippen molar-refractivity contribution in [2.45, 2.75) is 6.61 Å². The van der Waals surface area contributed by atoms with E-state index in [2.05, 4.69) is 27.9 Å². The van der Waals surface area contributed by atoms with E-state index >= 15 is 0 Å². The summed E-state index contributed by atoms with van der Waals surface area (Å²) in [6.45, 7) is 0.257. The van der Waals surface area contributed by atoms with Crippen LogP contribution in [0.4, 0.5) is 10.1 Å². The predicted octanol–water partition coefficient (Wildman–Crippen LogP) is 6.15. The van der Waals surface area contributed by atoms with Crippen molar-refractivity contribution in [2.75, 3.05) is 4.90 Å². The lowest BCUT2D eigenvalue weighted by molar-refractivity contribution is -0.122. The number of carbonyl (C=O) groups excluding carboxylic acids is 2. The van der Waals surface area contributed by atoms with E-state index in [-0.39, 0.29) is 38.8 Å². The molecule has 0 aromatic heterocycles. The molecule has 0 saturated carbocycles. The van der Waals surface area contributed by atoms with Crippen molar-refractivity contribution >= 4 is 86.7 Å². The molecule has 10 heteroatoms. The summed E-state index contributed by atoms with van der Waals surface area (Å²) in [7, 11) is 0. The molecule has 172 valence electrons. The lowest BCUT2D eigenvalue weighted by Crippen LogP contribution is -2.54. The van der Waals surface area contributed by atoms with E-state index in [1.165, 1.54) is 36.4 Å². The molecule has 1 fully saturated rings. The highest BCUT2D eigenvalue weighted by Crippen LogP contribution is 2.36. The highest BCUT2D eigenvalue weighted by molar-refractivity contribution is 14.1. The van der Waals surface area contributed by atoms with Gasteiger partial charge >= 0.3 is 0 Å². The summed E-state index contributed by atoms with van der Waals surface area (Å²) >= 11 is 20.1. The fraction of sp³-hybridized carbons (Fsp3) is 0.0417. The Balaban J connectivity index is 1.61. The van der Waals surface area contributed by atoms with Crippen LogP contribution < -0.4 is 15.0 Å². The van der Waals surface area contributed by atoms with Crippen LogP contribution in [-0.2, 0) is 16.2 Å². The number of nitrogens with one attached hydrogen (secondary N) is 1. The molecule has 0 radical (unpaired) electrons. The van der Waals surface area contributed by atoms with E-state index in [9.17, 15) is 14.0 Å². The van der Waals surface area contributed by atoms with Gasteiger partial charge in [-0.15, -0.1) is 0 Å². The van der Waals surface area contributed by atoms with E-state index in [1.54, 1.807) is 6.07 Å². The summed E-state index contributed by atoms with van der Waals surface area (Å²) in [5.41, 5.74) is 0.999. The van der Waals surface area contributed by atoms with Gasteiger partial charge in [-0.25, -0.2) is 9.29 Å². The van der Waals surface area contributed by atoms with Crippen LogP contribution >= 0.6 is 58.0 Å². The second-order valence-electron chi connectivity index (χ2n) is 7.14. The maximum absolute atomic E-state index is 14.3. The highest BCUT2D eigenvalue weighted by atomic mass is 127. The summed E-state index contributed by atoms with van der Waals surface area (Å²) in [6.07, 6.45) is 1.31. The van der Waals surface area contributed by atoms with Gasteiger partial charge in [-0.05, 0) is 88.4 Å². The molecule has 5 nitrogen and oxygen atoms in total. The quantitative estimate of drug-likeness (QED) is 0.160. The number of nitrogens with zero attached hydrogens (tertiary/aromatic N) is 1. The summed E-state index contributed by atoms with van der Waals surface area (Å²) in [5, 5.41) is 2.60. The van der Waals surface area contributed by atoms with Crippen molar-refractivity contribution in [3.63, 3.8) is 0 Å². The van der Waals surface area contributed by atoms with Crippen LogP contribution in [0.15, 0.2) is 66.2 Å². The average molecular weight is 627 g/mol. The first-order valence-corrected chi connectivity index (χ1v) is 12.0. The van der Waals surface area contributed by atoms with Crippen molar-refractivity contribution in [3.05, 3.63) is 96.8 Å². The van der Waals surface area contributed by atoms with E-state index in [4.69, 9.17) is 40.2 Å². The highest BCUT2D eigenvalue weighted by Gasteiger charge is 2.35. The number of hydrogen-bond donors (Lipinski definition) is 1. The molecule has 0 bridgehead atoms. The molecule has 1 saturated heterocycles. The molecule has 0 spiro atoms. The van der Waals surface area contributed by atoms with Gasteiger partial charge < -0.3 is 4.74 Å². The van der Waals surface area contributed by atoms with Crippen LogP contribution in [0.2, 0.25) is 10.0 Å². The largest absolute Gasteiger partial charge is 0.486 e. The van der Waals surface area contributed by atoms with Crippen molar-refractivity contribution in [3.8, 4) is 5.75 Å². The summed E-state index contributed by atoms with van der Waals surface area (Å²) in [6, 6.07) is 16.4. The standard InChI is InChI=1S/C24H14Cl2FIN2O3S/c25-17-10-14(11-18(26)21(17)33-12-13-5-7-15(28)8-6-13)9-16-22(31)29-24(34)30(23(16)32)20-4-2-1-3-19(20)27/h1-11H,12H2,(H,29,31,34)/b16-9+. The van der Waals surface area contributed by atoms with Crippen LogP contribution in [0, 0.1) is 9.39 Å². The van der Waals surface area contributed by atoms with Gasteiger partial charge in [-0.1, -0.05) is 47.5 Å². The van der Waals surface area contributed by atoms with Gasteiger partial charge in [-0.2, -0.15) is 0 Å². The normalized spacial score (nSPS) is 15.0. The molecule has 2 amide bonds. The lowest BCUT2D eigenvalue weighted by Gasteiger charge is -2.29. The van der Waals surface area contributed by atoms with Crippen molar-refractivity contribution in [2.24, 2.45) is 0 Å². The first-order chi connectivity index (χ1) is 16.2. The minimum atomic E-state index is -0.773. The van der Waals surface area contributed by atoms with Crippen LogP contribution in [0.3, 0.4) is 0 Å². The third kappa shape index (κ3) is 5.25. The Labute approximate surface area is 223 Å². The van der Waals surface area contributed by atoms with E-state index in [0.29, 0.717) is 5.56 Å². The van der Waals surface area contributed by atoms with Gasteiger partial charge in [0.1, 0.15) is 18.0 Å². The van der Waals surface area contributed by atoms with Gasteiger partial charge in [0, 0.05) is 3.57 Å². The zero-order chi connectivity index (χ0) is 24.4. The van der Waals surface area contributed by atoms with Crippen LogP contribution in [0.5, 0.6) is 5.75 Å². The molecule has 1 N–H and O–H groups in total. The molecule has 0 atom stereocenters. The average Bonchev–Trinajstić information content (AvgIpc) is 2.78. The Morgan fingerprint density at radius 3 is 2.35 bits per heavy atom. The Morgan fingerprint density at radius 2 is 1.71 bits per heavy atom. The van der Waals surface area contributed by atoms with E-state index in [0.717, 1.165) is 14.0 Å². The number of benzene rings is 3. The minimum absolute atomic E-state index is 0.0705. The molecular weight excluding hydrogens is 613 g/mol. The molecule has 1 aliphatic rings. The van der Waals surface area contributed by atoms with Gasteiger partial charge in [0.2, 0.25) is 0 Å². The van der Waals surface area contributed by atoms with Gasteiger partial charge in [0.15, 0.2) is 10.9 Å². The first kappa shape index (κ1) is 24.6. The summed E-state index contributed by atoms with van der Waals surface area (Å²) in [5.74, 6) is -1.87. The Hall–Kier alpha value is -2.53. The molecule has 1 heterocycles. The molecule has 34 heavy (non-hydrogen) atoms. The minimum Gasteiger partial charge on any atom is -0.486 e. The van der Waals surface area contributed by atoms with Gasteiger partial charge in [0.05, 0.1) is 15.7 Å². The topological polar surface area (TPSA) is 58.6 Å². The zero-order valence-electron chi connectivity index (χ0n) is 17.2. The number of para-hydroxylation sites is 1. The second kappa shape index (κ2) is 10.4. The molecule has 0 unspecified atom stereocenters. The number of amides is 2. The number of ether oxygens (including phenoxy) is 1. The number of carbonyl (C=O) groups is 2. The maximum atomic E-state index is 14.3. The molecule has 0 aliphatic carbocycles. The third-order valence-corrected chi connectivity index (χ3v) is 6.39. The number of rotatable bonds is 5.